The van der Waals surface area contributed by atoms with Crippen LogP contribution >= 0.6 is 11.6 Å². The Morgan fingerprint density at radius 1 is 1.22 bits per heavy atom. The van der Waals surface area contributed by atoms with Gasteiger partial charge in [0.1, 0.15) is 0 Å². The number of aryl methyl sites for hydroxylation is 1. The lowest BCUT2D eigenvalue weighted by Gasteiger charge is -2.31. The summed E-state index contributed by atoms with van der Waals surface area (Å²) in [7, 11) is 0. The Morgan fingerprint density at radius 2 is 2.04 bits per heavy atom. The molecule has 1 aliphatic heterocycles. The number of benzene rings is 2. The molecule has 1 heterocycles. The van der Waals surface area contributed by atoms with Crippen molar-refractivity contribution in [2.24, 2.45) is 0 Å². The predicted molar refractivity (Wildman–Crippen MR) is 96.4 cm³/mol. The minimum absolute atomic E-state index is 0.0263. The number of hydrogen-bond acceptors (Lipinski definition) is 2. The van der Waals surface area contributed by atoms with Crippen LogP contribution in [-0.2, 0) is 11.2 Å². The Bertz CT molecular complexity index is 714. The number of nitrogens with zero attached hydrogens (tertiary/aromatic N) is 1. The highest BCUT2D eigenvalue weighted by molar-refractivity contribution is 6.31. The summed E-state index contributed by atoms with van der Waals surface area (Å²) < 4.78 is 0. The van der Waals surface area contributed by atoms with E-state index >= 15 is 0 Å². The van der Waals surface area contributed by atoms with E-state index in [0.717, 1.165) is 37.2 Å². The normalized spacial score (nSPS) is 13.6. The molecule has 0 unspecified atom stereocenters. The SMILES string of the molecule is Cc1c(Cl)cccc1NC(=O)CCN1CCCc2ccccc21. The van der Waals surface area contributed by atoms with Gasteiger partial charge in [-0.1, -0.05) is 35.9 Å². The first kappa shape index (κ1) is 15.9. The van der Waals surface area contributed by atoms with E-state index in [2.05, 4.69) is 34.5 Å². The Hall–Kier alpha value is -2.00. The summed E-state index contributed by atoms with van der Waals surface area (Å²) in [6, 6.07) is 14.0. The summed E-state index contributed by atoms with van der Waals surface area (Å²) in [6.07, 6.45) is 2.74. The molecule has 0 bridgehead atoms. The third kappa shape index (κ3) is 3.67. The lowest BCUT2D eigenvalue weighted by Crippen LogP contribution is -2.32. The molecule has 2 aromatic rings. The fraction of sp³-hybridized carbons (Fsp3) is 0.316. The average Bonchev–Trinajstić information content (AvgIpc) is 2.57. The van der Waals surface area contributed by atoms with E-state index < -0.39 is 0 Å². The van der Waals surface area contributed by atoms with Crippen molar-refractivity contribution in [1.82, 2.24) is 0 Å². The molecule has 3 nitrogen and oxygen atoms in total. The number of hydrogen-bond donors (Lipinski definition) is 1. The first-order valence-electron chi connectivity index (χ1n) is 8.03. The molecule has 2 aromatic carbocycles. The maximum absolute atomic E-state index is 12.2. The maximum Gasteiger partial charge on any atom is 0.226 e. The second kappa shape index (κ2) is 7.05. The van der Waals surface area contributed by atoms with E-state index in [-0.39, 0.29) is 5.91 Å². The Labute approximate surface area is 142 Å². The van der Waals surface area contributed by atoms with Crippen LogP contribution in [0.4, 0.5) is 11.4 Å². The quantitative estimate of drug-likeness (QED) is 0.900. The zero-order valence-electron chi connectivity index (χ0n) is 13.3. The highest BCUT2D eigenvalue weighted by Gasteiger charge is 2.17. The van der Waals surface area contributed by atoms with Gasteiger partial charge in [-0.3, -0.25) is 4.79 Å². The zero-order valence-corrected chi connectivity index (χ0v) is 14.1. The summed E-state index contributed by atoms with van der Waals surface area (Å²) in [6.45, 7) is 3.67. The van der Waals surface area contributed by atoms with E-state index in [0.29, 0.717) is 11.4 Å². The maximum atomic E-state index is 12.2. The van der Waals surface area contributed by atoms with E-state index in [1.54, 1.807) is 0 Å². The molecule has 0 fully saturated rings. The van der Waals surface area contributed by atoms with Crippen LogP contribution in [0.2, 0.25) is 5.02 Å². The lowest BCUT2D eigenvalue weighted by molar-refractivity contribution is -0.116. The molecule has 0 radical (unpaired) electrons. The van der Waals surface area contributed by atoms with Gasteiger partial charge in [-0.05, 0) is 49.1 Å². The van der Waals surface area contributed by atoms with E-state index in [1.807, 2.05) is 25.1 Å². The molecule has 0 aliphatic carbocycles. The number of para-hydroxylation sites is 1. The highest BCUT2D eigenvalue weighted by atomic mass is 35.5. The van der Waals surface area contributed by atoms with Crippen molar-refractivity contribution in [1.29, 1.82) is 0 Å². The summed E-state index contributed by atoms with van der Waals surface area (Å²) in [5.41, 5.74) is 4.35. The van der Waals surface area contributed by atoms with Crippen LogP contribution in [0.5, 0.6) is 0 Å². The van der Waals surface area contributed by atoms with Gasteiger partial charge in [0, 0.05) is 35.9 Å². The molecule has 4 heteroatoms. The largest absolute Gasteiger partial charge is 0.371 e. The number of rotatable bonds is 4. The first-order chi connectivity index (χ1) is 11.1. The van der Waals surface area contributed by atoms with Gasteiger partial charge in [0.2, 0.25) is 5.91 Å². The first-order valence-corrected chi connectivity index (χ1v) is 8.41. The van der Waals surface area contributed by atoms with Crippen molar-refractivity contribution >= 4 is 28.9 Å². The van der Waals surface area contributed by atoms with Crippen LogP contribution in [-0.4, -0.2) is 19.0 Å². The van der Waals surface area contributed by atoms with Crippen LogP contribution in [0, 0.1) is 6.92 Å². The molecule has 120 valence electrons. The van der Waals surface area contributed by atoms with Crippen molar-refractivity contribution in [3.8, 4) is 0 Å². The van der Waals surface area contributed by atoms with Crippen molar-refractivity contribution in [3.63, 3.8) is 0 Å². The third-order valence-electron chi connectivity index (χ3n) is 4.36. The molecular weight excluding hydrogens is 308 g/mol. The van der Waals surface area contributed by atoms with Gasteiger partial charge >= 0.3 is 0 Å². The van der Waals surface area contributed by atoms with Crippen molar-refractivity contribution in [3.05, 3.63) is 58.6 Å². The van der Waals surface area contributed by atoms with Crippen molar-refractivity contribution in [2.45, 2.75) is 26.2 Å². The van der Waals surface area contributed by atoms with Gasteiger partial charge < -0.3 is 10.2 Å². The average molecular weight is 329 g/mol. The summed E-state index contributed by atoms with van der Waals surface area (Å²) in [5, 5.41) is 3.64. The summed E-state index contributed by atoms with van der Waals surface area (Å²) in [4.78, 5) is 14.6. The fourth-order valence-electron chi connectivity index (χ4n) is 3.04. The van der Waals surface area contributed by atoms with E-state index in [9.17, 15) is 4.79 Å². The number of carbonyl (C=O) groups excluding carboxylic acids is 1. The van der Waals surface area contributed by atoms with Crippen molar-refractivity contribution < 1.29 is 4.79 Å². The fourth-order valence-corrected chi connectivity index (χ4v) is 3.21. The smallest absolute Gasteiger partial charge is 0.226 e. The Kier molecular flexibility index (Phi) is 4.87. The predicted octanol–water partition coefficient (Wildman–Crippen LogP) is 4.43. The van der Waals surface area contributed by atoms with Gasteiger partial charge in [0.15, 0.2) is 0 Å². The van der Waals surface area contributed by atoms with Gasteiger partial charge in [-0.2, -0.15) is 0 Å². The van der Waals surface area contributed by atoms with E-state index in [4.69, 9.17) is 11.6 Å². The molecule has 1 amide bonds. The molecule has 1 N–H and O–H groups in total. The molecule has 0 saturated carbocycles. The van der Waals surface area contributed by atoms with Gasteiger partial charge in [-0.15, -0.1) is 0 Å². The Morgan fingerprint density at radius 3 is 2.91 bits per heavy atom. The van der Waals surface area contributed by atoms with Crippen LogP contribution in [0.3, 0.4) is 0 Å². The molecule has 0 saturated heterocycles. The second-order valence-electron chi connectivity index (χ2n) is 5.93. The molecule has 0 spiro atoms. The van der Waals surface area contributed by atoms with E-state index in [1.165, 1.54) is 11.3 Å². The number of carbonyl (C=O) groups is 1. The van der Waals surface area contributed by atoms with Gasteiger partial charge in [0.05, 0.1) is 0 Å². The lowest BCUT2D eigenvalue weighted by atomic mass is 10.0. The molecule has 1 aliphatic rings. The summed E-state index contributed by atoms with van der Waals surface area (Å²) >= 11 is 6.09. The number of amides is 1. The zero-order chi connectivity index (χ0) is 16.2. The number of nitrogens with one attached hydrogen (secondary N) is 1. The monoisotopic (exact) mass is 328 g/mol. The molecule has 0 atom stereocenters. The highest BCUT2D eigenvalue weighted by Crippen LogP contribution is 2.27. The molecule has 3 rings (SSSR count). The summed E-state index contributed by atoms with van der Waals surface area (Å²) in [5.74, 6) is 0.0263. The standard InChI is InChI=1S/C19H21ClN2O/c1-14-16(20)8-4-9-17(14)21-19(23)11-13-22-12-5-7-15-6-2-3-10-18(15)22/h2-4,6,8-10H,5,7,11-13H2,1H3,(H,21,23). The third-order valence-corrected chi connectivity index (χ3v) is 4.77. The van der Waals surface area contributed by atoms with Crippen LogP contribution in [0.25, 0.3) is 0 Å². The van der Waals surface area contributed by atoms with Crippen LogP contribution in [0.15, 0.2) is 42.5 Å². The Balaban J connectivity index is 1.61. The van der Waals surface area contributed by atoms with Gasteiger partial charge in [0.25, 0.3) is 0 Å². The number of fused-ring (bicyclic) bond motifs is 1. The molecule has 23 heavy (non-hydrogen) atoms. The minimum Gasteiger partial charge on any atom is -0.371 e. The topological polar surface area (TPSA) is 32.3 Å². The minimum atomic E-state index is 0.0263. The number of halogens is 1. The van der Waals surface area contributed by atoms with Crippen LogP contribution < -0.4 is 10.2 Å². The molecule has 0 aromatic heterocycles. The molecular formula is C19H21ClN2O. The second-order valence-corrected chi connectivity index (χ2v) is 6.34. The van der Waals surface area contributed by atoms with Crippen LogP contribution in [0.1, 0.15) is 24.0 Å². The van der Waals surface area contributed by atoms with Crippen molar-refractivity contribution in [2.75, 3.05) is 23.3 Å². The number of anilines is 2. The van der Waals surface area contributed by atoms with Gasteiger partial charge in [-0.25, -0.2) is 0 Å².